The molecule has 6 nitrogen and oxygen atoms in total. The highest BCUT2D eigenvalue weighted by molar-refractivity contribution is 5.91. The first-order valence-corrected chi connectivity index (χ1v) is 6.31. The zero-order valence-electron chi connectivity index (χ0n) is 12.2. The fourth-order valence-corrected chi connectivity index (χ4v) is 1.87. The fourth-order valence-electron chi connectivity index (χ4n) is 1.87. The molecule has 1 rings (SSSR count). The van der Waals surface area contributed by atoms with E-state index in [9.17, 15) is 9.59 Å². The summed E-state index contributed by atoms with van der Waals surface area (Å²) in [5.74, 6) is -1.02. The molecule has 0 radical (unpaired) electrons. The zero-order chi connectivity index (χ0) is 14.8. The Balaban J connectivity index is 2.80. The molecule has 0 unspecified atom stereocenters. The number of carbonyl (C=O) groups is 2. The highest BCUT2D eigenvalue weighted by Gasteiger charge is 2.36. The minimum atomic E-state index is -1.35. The van der Waals surface area contributed by atoms with Gasteiger partial charge in [-0.05, 0) is 13.8 Å². The molecule has 0 atom stereocenters. The van der Waals surface area contributed by atoms with Gasteiger partial charge in [-0.15, -0.1) is 0 Å². The molecule has 0 aromatic heterocycles. The Hall–Kier alpha value is -1.59. The topological polar surface area (TPSA) is 79.2 Å². The Morgan fingerprint density at radius 1 is 1.42 bits per heavy atom. The Morgan fingerprint density at radius 2 is 2.00 bits per heavy atom. The summed E-state index contributed by atoms with van der Waals surface area (Å²) >= 11 is 0. The van der Waals surface area contributed by atoms with E-state index in [0.717, 1.165) is 5.71 Å². The van der Waals surface area contributed by atoms with E-state index in [4.69, 9.17) is 9.94 Å². The van der Waals surface area contributed by atoms with Crippen LogP contribution in [0.25, 0.3) is 0 Å². The summed E-state index contributed by atoms with van der Waals surface area (Å²) in [6.45, 7) is 9.55. The normalized spacial score (nSPS) is 21.3. The third kappa shape index (κ3) is 3.68. The molecule has 19 heavy (non-hydrogen) atoms. The molecule has 108 valence electrons. The monoisotopic (exact) mass is 270 g/mol. The van der Waals surface area contributed by atoms with Crippen LogP contribution in [0.5, 0.6) is 0 Å². The predicted molar refractivity (Wildman–Crippen MR) is 70.9 cm³/mol. The van der Waals surface area contributed by atoms with Crippen molar-refractivity contribution in [1.29, 1.82) is 0 Å². The molecule has 1 saturated heterocycles. The van der Waals surface area contributed by atoms with Crippen molar-refractivity contribution in [1.82, 2.24) is 4.90 Å². The van der Waals surface area contributed by atoms with Gasteiger partial charge in [-0.25, -0.2) is 4.79 Å². The van der Waals surface area contributed by atoms with Crippen molar-refractivity contribution in [2.24, 2.45) is 10.6 Å². The first-order valence-electron chi connectivity index (χ1n) is 6.31. The van der Waals surface area contributed by atoms with E-state index in [2.05, 4.69) is 5.16 Å². The van der Waals surface area contributed by atoms with Crippen molar-refractivity contribution in [2.75, 3.05) is 13.1 Å². The number of hydrogen-bond acceptors (Lipinski definition) is 4. The summed E-state index contributed by atoms with van der Waals surface area (Å²) in [4.78, 5) is 29.2. The molecule has 1 aliphatic heterocycles. The molecule has 0 bridgehead atoms. The van der Waals surface area contributed by atoms with Crippen molar-refractivity contribution in [3.8, 4) is 0 Å². The van der Waals surface area contributed by atoms with Gasteiger partial charge in [-0.3, -0.25) is 4.79 Å². The number of oxime groups is 1. The molecule has 1 heterocycles. The second-order valence-electron chi connectivity index (χ2n) is 6.02. The van der Waals surface area contributed by atoms with E-state index in [-0.39, 0.29) is 11.3 Å². The number of carboxylic acids is 1. The molecular weight excluding hydrogens is 248 g/mol. The molecular formula is C13H22N2O4. The van der Waals surface area contributed by atoms with Gasteiger partial charge in [-0.2, -0.15) is 0 Å². The Bertz CT molecular complexity index is 413. The van der Waals surface area contributed by atoms with Crippen molar-refractivity contribution in [2.45, 2.75) is 46.6 Å². The summed E-state index contributed by atoms with van der Waals surface area (Å²) in [6.07, 6.45) is 0.599. The van der Waals surface area contributed by atoms with Crippen molar-refractivity contribution in [3.05, 3.63) is 0 Å². The molecule has 1 fully saturated rings. The fraction of sp³-hybridized carbons (Fsp3) is 0.769. The van der Waals surface area contributed by atoms with Gasteiger partial charge < -0.3 is 14.8 Å². The van der Waals surface area contributed by atoms with E-state index in [1.807, 2.05) is 13.8 Å². The molecule has 0 aromatic rings. The van der Waals surface area contributed by atoms with Gasteiger partial charge in [0.2, 0.25) is 11.5 Å². The van der Waals surface area contributed by atoms with Crippen LogP contribution in [0.1, 0.15) is 41.0 Å². The Labute approximate surface area is 113 Å². The first-order chi connectivity index (χ1) is 8.56. The lowest BCUT2D eigenvalue weighted by molar-refractivity contribution is -0.161. The van der Waals surface area contributed by atoms with Crippen LogP contribution in [0.4, 0.5) is 0 Å². The van der Waals surface area contributed by atoms with Gasteiger partial charge in [-0.1, -0.05) is 19.0 Å². The van der Waals surface area contributed by atoms with Gasteiger partial charge in [0.05, 0.1) is 5.71 Å². The van der Waals surface area contributed by atoms with Gasteiger partial charge in [0, 0.05) is 31.8 Å². The number of hydrogen-bond donors (Lipinski definition) is 1. The van der Waals surface area contributed by atoms with Gasteiger partial charge in [0.25, 0.3) is 0 Å². The maximum Gasteiger partial charge on any atom is 0.350 e. The van der Waals surface area contributed by atoms with Crippen LogP contribution < -0.4 is 0 Å². The standard InChI is InChI=1S/C13H22N2O4/c1-9(16)15-7-6-10(12(2,3)8-15)14-19-13(4,5)11(17)18/h6-8H2,1-5H3,(H,17,18)/b14-10+. The van der Waals surface area contributed by atoms with Gasteiger partial charge in [0.1, 0.15) is 0 Å². The molecule has 0 aliphatic carbocycles. The zero-order valence-corrected chi connectivity index (χ0v) is 12.2. The molecule has 1 amide bonds. The summed E-state index contributed by atoms with van der Waals surface area (Å²) < 4.78 is 0. The second kappa shape index (κ2) is 5.19. The minimum absolute atomic E-state index is 0.0407. The number of piperidine rings is 1. The van der Waals surface area contributed by atoms with Crippen LogP contribution in [0, 0.1) is 5.41 Å². The maximum atomic E-state index is 11.4. The van der Waals surface area contributed by atoms with Crippen LogP contribution in [0.2, 0.25) is 0 Å². The van der Waals surface area contributed by atoms with E-state index < -0.39 is 11.6 Å². The summed E-state index contributed by atoms with van der Waals surface area (Å²) in [6, 6.07) is 0. The smallest absolute Gasteiger partial charge is 0.350 e. The number of aliphatic carboxylic acids is 1. The molecule has 1 N–H and O–H groups in total. The van der Waals surface area contributed by atoms with E-state index in [1.165, 1.54) is 13.8 Å². The van der Waals surface area contributed by atoms with Crippen LogP contribution in [-0.4, -0.2) is 46.3 Å². The number of likely N-dealkylation sites (tertiary alicyclic amines) is 1. The Morgan fingerprint density at radius 3 is 2.42 bits per heavy atom. The summed E-state index contributed by atoms with van der Waals surface area (Å²) in [7, 11) is 0. The van der Waals surface area contributed by atoms with E-state index in [1.54, 1.807) is 11.8 Å². The number of rotatable bonds is 3. The molecule has 6 heteroatoms. The molecule has 0 aromatic carbocycles. The van der Waals surface area contributed by atoms with Crippen molar-refractivity contribution in [3.63, 3.8) is 0 Å². The van der Waals surface area contributed by atoms with Crippen molar-refractivity contribution >= 4 is 17.6 Å². The average Bonchev–Trinajstić information content (AvgIpc) is 2.25. The summed E-state index contributed by atoms with van der Waals surface area (Å²) in [5, 5.41) is 13.0. The summed E-state index contributed by atoms with van der Waals surface area (Å²) in [5.41, 5.74) is -0.862. The average molecular weight is 270 g/mol. The number of amides is 1. The second-order valence-corrected chi connectivity index (χ2v) is 6.02. The van der Waals surface area contributed by atoms with Crippen LogP contribution in [0.15, 0.2) is 5.16 Å². The lowest BCUT2D eigenvalue weighted by Crippen LogP contribution is -2.48. The third-order valence-corrected chi connectivity index (χ3v) is 3.33. The van der Waals surface area contributed by atoms with Gasteiger partial charge in [0.15, 0.2) is 0 Å². The molecule has 0 spiro atoms. The van der Waals surface area contributed by atoms with E-state index >= 15 is 0 Å². The lowest BCUT2D eigenvalue weighted by atomic mass is 9.82. The predicted octanol–water partition coefficient (Wildman–Crippen LogP) is 1.50. The third-order valence-electron chi connectivity index (χ3n) is 3.33. The first kappa shape index (κ1) is 15.5. The highest BCUT2D eigenvalue weighted by Crippen LogP contribution is 2.27. The molecule has 0 saturated carbocycles. The largest absolute Gasteiger partial charge is 0.478 e. The quantitative estimate of drug-likeness (QED) is 0.788. The number of carboxylic acid groups (broad SMARTS) is 1. The lowest BCUT2D eigenvalue weighted by Gasteiger charge is -2.38. The number of carbonyl (C=O) groups excluding carboxylic acids is 1. The van der Waals surface area contributed by atoms with Crippen LogP contribution in [-0.2, 0) is 14.4 Å². The number of nitrogens with zero attached hydrogens (tertiary/aromatic N) is 2. The maximum absolute atomic E-state index is 11.4. The van der Waals surface area contributed by atoms with Gasteiger partial charge >= 0.3 is 5.97 Å². The van der Waals surface area contributed by atoms with Crippen LogP contribution in [0.3, 0.4) is 0 Å². The van der Waals surface area contributed by atoms with E-state index in [0.29, 0.717) is 19.5 Å². The van der Waals surface area contributed by atoms with Crippen molar-refractivity contribution < 1.29 is 19.5 Å². The molecule has 1 aliphatic rings. The minimum Gasteiger partial charge on any atom is -0.478 e. The van der Waals surface area contributed by atoms with Crippen LogP contribution >= 0.6 is 0 Å². The Kier molecular flexibility index (Phi) is 4.22. The SMILES string of the molecule is CC(=O)N1CC/C(=N\OC(C)(C)C(=O)O)C(C)(C)C1. The highest BCUT2D eigenvalue weighted by atomic mass is 16.7.